The van der Waals surface area contributed by atoms with E-state index in [1.807, 2.05) is 13.1 Å². The largest absolute Gasteiger partial charge is 0.388 e. The summed E-state index contributed by atoms with van der Waals surface area (Å²) >= 11 is 0. The minimum Gasteiger partial charge on any atom is -0.388 e. The fourth-order valence-corrected chi connectivity index (χ4v) is 1.59. The summed E-state index contributed by atoms with van der Waals surface area (Å²) in [5, 5.41) is 11.5. The van der Waals surface area contributed by atoms with E-state index in [0.717, 1.165) is 18.7 Å². The van der Waals surface area contributed by atoms with Gasteiger partial charge in [0, 0.05) is 30.9 Å². The van der Waals surface area contributed by atoms with Crippen molar-refractivity contribution in [3.8, 4) is 0 Å². The van der Waals surface area contributed by atoms with Gasteiger partial charge in [-0.2, -0.15) is 0 Å². The van der Waals surface area contributed by atoms with Gasteiger partial charge < -0.3 is 10.2 Å². The minimum absolute atomic E-state index is 0.670. The second-order valence-electron chi connectivity index (χ2n) is 4.55. The maximum Gasteiger partial charge on any atom is 0.125 e. The molecule has 0 aromatic carbocycles. The van der Waals surface area contributed by atoms with Crippen molar-refractivity contribution < 1.29 is 0 Å². The Morgan fingerprint density at radius 2 is 2.12 bits per heavy atom. The zero-order valence-electron chi connectivity index (χ0n) is 10.8. The van der Waals surface area contributed by atoms with Gasteiger partial charge in [0.25, 0.3) is 0 Å². The number of hydrogen-bond acceptors (Lipinski definition) is 2. The van der Waals surface area contributed by atoms with Gasteiger partial charge in [-0.05, 0) is 33.1 Å². The quantitative estimate of drug-likeness (QED) is 0.514. The summed E-state index contributed by atoms with van der Waals surface area (Å²) in [6.07, 6.45) is 6.93. The van der Waals surface area contributed by atoms with E-state index in [1.54, 1.807) is 0 Å². The first kappa shape index (κ1) is 13.1. The summed E-state index contributed by atoms with van der Waals surface area (Å²) in [7, 11) is 0. The van der Waals surface area contributed by atoms with Crippen LogP contribution in [0.2, 0.25) is 0 Å². The molecule has 0 heterocycles. The maximum absolute atomic E-state index is 8.11. The summed E-state index contributed by atoms with van der Waals surface area (Å²) < 4.78 is 0. The predicted octanol–water partition coefficient (Wildman–Crippen LogP) is 2.74. The normalized spacial score (nSPS) is 16.1. The van der Waals surface area contributed by atoms with E-state index in [-0.39, 0.29) is 0 Å². The third-order valence-electron chi connectivity index (χ3n) is 2.97. The molecule has 3 heteroatoms. The number of nitrogens with one attached hydrogen (secondary N) is 2. The van der Waals surface area contributed by atoms with Crippen molar-refractivity contribution in [2.24, 2.45) is 0 Å². The van der Waals surface area contributed by atoms with Crippen molar-refractivity contribution in [2.75, 3.05) is 13.1 Å². The van der Waals surface area contributed by atoms with Gasteiger partial charge in [0.2, 0.25) is 0 Å². The van der Waals surface area contributed by atoms with E-state index in [1.165, 1.54) is 25.7 Å². The smallest absolute Gasteiger partial charge is 0.125 e. The van der Waals surface area contributed by atoms with Gasteiger partial charge in [0.15, 0.2) is 0 Å². The molecule has 2 N–H and O–H groups in total. The molecule has 16 heavy (non-hydrogen) atoms. The van der Waals surface area contributed by atoms with Crippen molar-refractivity contribution >= 4 is 5.84 Å². The first-order valence-corrected chi connectivity index (χ1v) is 6.45. The Hall–Kier alpha value is -0.990. The zero-order valence-corrected chi connectivity index (χ0v) is 10.8. The van der Waals surface area contributed by atoms with Crippen LogP contribution in [0.3, 0.4) is 0 Å². The summed E-state index contributed by atoms with van der Waals surface area (Å²) in [6.45, 7) is 8.25. The SMILES string of the molecule is CCCCN(CC)C(=N)/C(C)=C\NC1CC1. The Kier molecular flexibility index (Phi) is 5.36. The van der Waals surface area contributed by atoms with Crippen LogP contribution in [0, 0.1) is 5.41 Å². The molecular weight excluding hydrogens is 198 g/mol. The molecule has 0 amide bonds. The second kappa shape index (κ2) is 6.56. The van der Waals surface area contributed by atoms with E-state index < -0.39 is 0 Å². The highest BCUT2D eigenvalue weighted by molar-refractivity contribution is 5.95. The number of rotatable bonds is 7. The molecule has 92 valence electrons. The molecule has 0 bridgehead atoms. The van der Waals surface area contributed by atoms with Crippen LogP contribution in [0.25, 0.3) is 0 Å². The first-order valence-electron chi connectivity index (χ1n) is 6.45. The lowest BCUT2D eigenvalue weighted by atomic mass is 10.2. The van der Waals surface area contributed by atoms with E-state index in [9.17, 15) is 0 Å². The van der Waals surface area contributed by atoms with Crippen molar-refractivity contribution in [1.29, 1.82) is 5.41 Å². The van der Waals surface area contributed by atoms with Gasteiger partial charge in [0.1, 0.15) is 5.84 Å². The Morgan fingerprint density at radius 3 is 2.62 bits per heavy atom. The molecule has 0 aromatic heterocycles. The summed E-state index contributed by atoms with van der Waals surface area (Å²) in [5.41, 5.74) is 1.05. The zero-order chi connectivity index (χ0) is 12.0. The average Bonchev–Trinajstić information content (AvgIpc) is 3.10. The molecule has 0 radical (unpaired) electrons. The number of likely N-dealkylation sites (N-methyl/N-ethyl adjacent to an activating group) is 1. The molecule has 1 saturated carbocycles. The van der Waals surface area contributed by atoms with Crippen LogP contribution in [0.5, 0.6) is 0 Å². The highest BCUT2D eigenvalue weighted by atomic mass is 15.2. The van der Waals surface area contributed by atoms with Crippen molar-refractivity contribution in [3.63, 3.8) is 0 Å². The fraction of sp³-hybridized carbons (Fsp3) is 0.769. The fourth-order valence-electron chi connectivity index (χ4n) is 1.59. The van der Waals surface area contributed by atoms with Gasteiger partial charge in [-0.1, -0.05) is 13.3 Å². The van der Waals surface area contributed by atoms with E-state index in [2.05, 4.69) is 24.1 Å². The lowest BCUT2D eigenvalue weighted by molar-refractivity contribution is 0.425. The molecular formula is C13H25N3. The minimum atomic E-state index is 0.670. The molecule has 1 aliphatic carbocycles. The molecule has 1 fully saturated rings. The molecule has 0 aromatic rings. The third kappa shape index (κ3) is 4.25. The van der Waals surface area contributed by atoms with Gasteiger partial charge in [-0.3, -0.25) is 5.41 Å². The summed E-state index contributed by atoms with van der Waals surface area (Å²) in [6, 6.07) is 0.675. The van der Waals surface area contributed by atoms with Crippen LogP contribution in [-0.4, -0.2) is 29.9 Å². The first-order chi connectivity index (χ1) is 7.69. The lowest BCUT2D eigenvalue weighted by Gasteiger charge is -2.23. The monoisotopic (exact) mass is 223 g/mol. The molecule has 0 unspecified atom stereocenters. The average molecular weight is 223 g/mol. The third-order valence-corrected chi connectivity index (χ3v) is 2.97. The van der Waals surface area contributed by atoms with E-state index in [4.69, 9.17) is 5.41 Å². The molecule has 0 atom stereocenters. The van der Waals surface area contributed by atoms with Crippen molar-refractivity contribution in [2.45, 2.75) is 52.5 Å². The molecule has 0 spiro atoms. The van der Waals surface area contributed by atoms with Gasteiger partial charge in [-0.25, -0.2) is 0 Å². The van der Waals surface area contributed by atoms with Crippen molar-refractivity contribution in [1.82, 2.24) is 10.2 Å². The molecule has 0 saturated heterocycles. The van der Waals surface area contributed by atoms with Crippen LogP contribution in [0.1, 0.15) is 46.5 Å². The number of amidine groups is 1. The maximum atomic E-state index is 8.11. The lowest BCUT2D eigenvalue weighted by Crippen LogP contribution is -2.32. The van der Waals surface area contributed by atoms with Gasteiger partial charge in [0.05, 0.1) is 0 Å². The van der Waals surface area contributed by atoms with Gasteiger partial charge in [-0.15, -0.1) is 0 Å². The molecule has 0 aliphatic heterocycles. The topological polar surface area (TPSA) is 39.1 Å². The number of nitrogens with zero attached hydrogens (tertiary/aromatic N) is 1. The number of unbranched alkanes of at least 4 members (excludes halogenated alkanes) is 1. The van der Waals surface area contributed by atoms with Crippen molar-refractivity contribution in [3.05, 3.63) is 11.8 Å². The standard InChI is InChI=1S/C13H25N3/c1-4-6-9-16(5-2)13(14)11(3)10-15-12-7-8-12/h10,12,14-15H,4-9H2,1-3H3/b11-10-,14-13?. The molecule has 1 aliphatic rings. The summed E-state index contributed by atoms with van der Waals surface area (Å²) in [4.78, 5) is 2.14. The van der Waals surface area contributed by atoms with Crippen LogP contribution in [0.15, 0.2) is 11.8 Å². The highest BCUT2D eigenvalue weighted by Gasteiger charge is 2.19. The summed E-state index contributed by atoms with van der Waals surface area (Å²) in [5.74, 6) is 0.670. The van der Waals surface area contributed by atoms with E-state index >= 15 is 0 Å². The van der Waals surface area contributed by atoms with E-state index in [0.29, 0.717) is 11.9 Å². The Balaban J connectivity index is 2.41. The molecule has 1 rings (SSSR count). The Labute approximate surface area is 99.4 Å². The molecule has 3 nitrogen and oxygen atoms in total. The van der Waals surface area contributed by atoms with Crippen LogP contribution in [0.4, 0.5) is 0 Å². The highest BCUT2D eigenvalue weighted by Crippen LogP contribution is 2.18. The number of hydrogen-bond donors (Lipinski definition) is 2. The van der Waals surface area contributed by atoms with Gasteiger partial charge >= 0.3 is 0 Å². The second-order valence-corrected chi connectivity index (χ2v) is 4.55. The Morgan fingerprint density at radius 1 is 1.44 bits per heavy atom. The predicted molar refractivity (Wildman–Crippen MR) is 69.8 cm³/mol. The Bertz CT molecular complexity index is 254. The van der Waals surface area contributed by atoms with Crippen LogP contribution in [-0.2, 0) is 0 Å². The van der Waals surface area contributed by atoms with Crippen LogP contribution < -0.4 is 5.32 Å². The van der Waals surface area contributed by atoms with Crippen LogP contribution >= 0.6 is 0 Å².